The number of thiophene rings is 1. The molecule has 1 aromatic carbocycles. The maximum Gasteiger partial charge on any atom is 0.416 e. The molecule has 0 saturated heterocycles. The van der Waals surface area contributed by atoms with Crippen molar-refractivity contribution in [2.24, 2.45) is 0 Å². The number of nitrogens with zero attached hydrogens (tertiary/aromatic N) is 2. The fourth-order valence-corrected chi connectivity index (χ4v) is 3.97. The van der Waals surface area contributed by atoms with E-state index in [9.17, 15) is 18.3 Å². The van der Waals surface area contributed by atoms with E-state index in [4.69, 9.17) is 0 Å². The Morgan fingerprint density at radius 2 is 1.89 bits per heavy atom. The Hall–Kier alpha value is -1.29. The molecule has 0 saturated carbocycles. The minimum absolute atomic E-state index is 0.245. The molecule has 1 unspecified atom stereocenters. The van der Waals surface area contributed by atoms with E-state index < -0.39 is 18.0 Å². The molecule has 0 aliphatic rings. The summed E-state index contributed by atoms with van der Waals surface area (Å²) in [5, 5.41) is 15.0. The molecule has 2 aromatic rings. The topological polar surface area (TPSA) is 38.7 Å². The lowest BCUT2D eigenvalue weighted by molar-refractivity contribution is -0.137. The van der Waals surface area contributed by atoms with E-state index in [2.05, 4.69) is 26.1 Å². The number of aliphatic hydroxyl groups excluding tert-OH is 1. The zero-order valence-corrected chi connectivity index (χ0v) is 17.7. The molecule has 2 rings (SSSR count). The Labute approximate surface area is 169 Å². The van der Waals surface area contributed by atoms with Gasteiger partial charge in [-0.1, -0.05) is 0 Å². The first-order chi connectivity index (χ1) is 12.6. The fourth-order valence-electron chi connectivity index (χ4n) is 2.60. The van der Waals surface area contributed by atoms with E-state index in [1.54, 1.807) is 11.4 Å². The van der Waals surface area contributed by atoms with Crippen molar-refractivity contribution in [3.63, 3.8) is 0 Å². The second kappa shape index (κ2) is 9.27. The molecule has 0 spiro atoms. The molecule has 4 nitrogen and oxygen atoms in total. The van der Waals surface area contributed by atoms with Gasteiger partial charge in [0.1, 0.15) is 0 Å². The molecule has 1 aromatic heterocycles. The summed E-state index contributed by atoms with van der Waals surface area (Å²) in [6, 6.07) is 5.29. The first-order valence-corrected chi connectivity index (χ1v) is 10.0. The van der Waals surface area contributed by atoms with Crippen LogP contribution in [-0.2, 0) is 6.18 Å². The number of hydrogen-bond acceptors (Lipinski definition) is 5. The van der Waals surface area contributed by atoms with Crippen LogP contribution in [0.4, 0.5) is 24.5 Å². The van der Waals surface area contributed by atoms with Crippen molar-refractivity contribution >= 4 is 38.6 Å². The number of anilines is 2. The van der Waals surface area contributed by atoms with Crippen LogP contribution in [0.5, 0.6) is 0 Å². The number of alkyl halides is 3. The second-order valence-corrected chi connectivity index (χ2v) is 8.38. The summed E-state index contributed by atoms with van der Waals surface area (Å²) >= 11 is 4.63. The molecular weight excluding hydrogens is 443 g/mol. The maximum atomic E-state index is 13.1. The van der Waals surface area contributed by atoms with Gasteiger partial charge in [-0.25, -0.2) is 0 Å². The number of aliphatic hydroxyl groups is 1. The van der Waals surface area contributed by atoms with Gasteiger partial charge in [0, 0.05) is 23.4 Å². The number of benzene rings is 1. The normalized spacial score (nSPS) is 13.1. The highest BCUT2D eigenvalue weighted by Crippen LogP contribution is 2.37. The molecule has 0 aliphatic carbocycles. The molecule has 9 heteroatoms. The molecule has 2 N–H and O–H groups in total. The van der Waals surface area contributed by atoms with Crippen molar-refractivity contribution < 1.29 is 18.3 Å². The third kappa shape index (κ3) is 6.38. The van der Waals surface area contributed by atoms with Crippen molar-refractivity contribution in [1.82, 2.24) is 4.90 Å². The second-order valence-electron chi connectivity index (χ2n) is 6.52. The maximum absolute atomic E-state index is 13.1. The van der Waals surface area contributed by atoms with Gasteiger partial charge in [-0.05, 0) is 67.3 Å². The Kier molecular flexibility index (Phi) is 7.55. The summed E-state index contributed by atoms with van der Waals surface area (Å²) in [5.74, 6) is 0. The van der Waals surface area contributed by atoms with Crippen molar-refractivity contribution in [1.29, 1.82) is 0 Å². The summed E-state index contributed by atoms with van der Waals surface area (Å²) in [4.78, 5) is 4.56. The van der Waals surface area contributed by atoms with Gasteiger partial charge in [0.15, 0.2) is 6.23 Å². The third-order valence-electron chi connectivity index (χ3n) is 3.98. The van der Waals surface area contributed by atoms with Gasteiger partial charge in [0.05, 0.1) is 21.8 Å². The molecule has 1 atom stereocenters. The van der Waals surface area contributed by atoms with Gasteiger partial charge in [-0.15, -0.1) is 11.3 Å². The monoisotopic (exact) mass is 465 g/mol. The van der Waals surface area contributed by atoms with Gasteiger partial charge in [-0.2, -0.15) is 13.2 Å². The van der Waals surface area contributed by atoms with Gasteiger partial charge in [-0.3, -0.25) is 0 Å². The van der Waals surface area contributed by atoms with E-state index in [0.717, 1.165) is 29.6 Å². The van der Waals surface area contributed by atoms with E-state index in [1.165, 1.54) is 17.4 Å². The fraction of sp³-hybridized carbons (Fsp3) is 0.444. The SMILES string of the molecule is CN(C)CCCN(C)c1ccc(C(F)(F)F)cc1NC(O)c1cc(Br)cs1. The lowest BCUT2D eigenvalue weighted by Crippen LogP contribution is -2.24. The zero-order chi connectivity index (χ0) is 20.2. The summed E-state index contributed by atoms with van der Waals surface area (Å²) in [7, 11) is 5.78. The van der Waals surface area contributed by atoms with Crippen molar-refractivity contribution in [3.05, 3.63) is 44.6 Å². The van der Waals surface area contributed by atoms with Gasteiger partial charge in [0.25, 0.3) is 0 Å². The van der Waals surface area contributed by atoms with E-state index in [1.807, 2.05) is 26.0 Å². The minimum atomic E-state index is -4.45. The zero-order valence-electron chi connectivity index (χ0n) is 15.3. The predicted molar refractivity (Wildman–Crippen MR) is 108 cm³/mol. The Morgan fingerprint density at radius 1 is 1.19 bits per heavy atom. The third-order valence-corrected chi connectivity index (χ3v) is 5.73. The van der Waals surface area contributed by atoms with Crippen molar-refractivity contribution in [3.8, 4) is 0 Å². The highest BCUT2D eigenvalue weighted by atomic mass is 79.9. The molecule has 0 amide bonds. The lowest BCUT2D eigenvalue weighted by Gasteiger charge is -2.26. The van der Waals surface area contributed by atoms with Crippen LogP contribution in [0.3, 0.4) is 0 Å². The molecule has 150 valence electrons. The summed E-state index contributed by atoms with van der Waals surface area (Å²) in [6.07, 6.45) is -4.68. The number of rotatable bonds is 8. The Morgan fingerprint density at radius 3 is 2.44 bits per heavy atom. The standard InChI is InChI=1S/C18H23BrF3N3OS/c1-24(2)7-4-8-25(3)15-6-5-12(18(20,21)22)9-14(15)23-17(26)16-10-13(19)11-27-16/h5-6,9-11,17,23,26H,4,7-8H2,1-3H3. The molecule has 27 heavy (non-hydrogen) atoms. The molecule has 0 fully saturated rings. The first-order valence-electron chi connectivity index (χ1n) is 8.33. The van der Waals surface area contributed by atoms with E-state index >= 15 is 0 Å². The van der Waals surface area contributed by atoms with E-state index in [0.29, 0.717) is 17.1 Å². The average molecular weight is 466 g/mol. The highest BCUT2D eigenvalue weighted by Gasteiger charge is 2.31. The van der Waals surface area contributed by atoms with Crippen LogP contribution in [0.2, 0.25) is 0 Å². The number of halogens is 4. The van der Waals surface area contributed by atoms with Crippen LogP contribution in [0.1, 0.15) is 23.1 Å². The largest absolute Gasteiger partial charge is 0.416 e. The molecule has 1 heterocycles. The predicted octanol–water partition coefficient (Wildman–Crippen LogP) is 5.02. The van der Waals surface area contributed by atoms with Gasteiger partial charge < -0.3 is 20.2 Å². The number of nitrogens with one attached hydrogen (secondary N) is 1. The van der Waals surface area contributed by atoms with Gasteiger partial charge in [0.2, 0.25) is 0 Å². The Bertz CT molecular complexity index is 752. The summed E-state index contributed by atoms with van der Waals surface area (Å²) in [5.41, 5.74) is 0.0978. The molecule has 0 radical (unpaired) electrons. The first kappa shape index (κ1) is 22.0. The smallest absolute Gasteiger partial charge is 0.373 e. The molecule has 0 bridgehead atoms. The summed E-state index contributed by atoms with van der Waals surface area (Å²) in [6.45, 7) is 1.55. The molecule has 0 aliphatic heterocycles. The Balaban J connectivity index is 2.26. The van der Waals surface area contributed by atoms with Crippen LogP contribution in [0, 0.1) is 0 Å². The van der Waals surface area contributed by atoms with Crippen LogP contribution in [-0.4, -0.2) is 44.2 Å². The van der Waals surface area contributed by atoms with Crippen molar-refractivity contribution in [2.75, 3.05) is 44.4 Å². The van der Waals surface area contributed by atoms with Crippen LogP contribution in [0.15, 0.2) is 34.1 Å². The minimum Gasteiger partial charge on any atom is -0.373 e. The lowest BCUT2D eigenvalue weighted by atomic mass is 10.1. The number of hydrogen-bond donors (Lipinski definition) is 2. The molecular formula is C18H23BrF3N3OS. The van der Waals surface area contributed by atoms with Crippen LogP contribution in [0.25, 0.3) is 0 Å². The quantitative estimate of drug-likeness (QED) is 0.536. The van der Waals surface area contributed by atoms with Crippen molar-refractivity contribution in [2.45, 2.75) is 18.8 Å². The van der Waals surface area contributed by atoms with Crippen LogP contribution >= 0.6 is 27.3 Å². The summed E-state index contributed by atoms with van der Waals surface area (Å²) < 4.78 is 40.2. The average Bonchev–Trinajstić information content (AvgIpc) is 3.00. The van der Waals surface area contributed by atoms with Crippen LogP contribution < -0.4 is 10.2 Å². The highest BCUT2D eigenvalue weighted by molar-refractivity contribution is 9.10. The van der Waals surface area contributed by atoms with E-state index in [-0.39, 0.29) is 5.69 Å². The van der Waals surface area contributed by atoms with Gasteiger partial charge >= 0.3 is 6.18 Å².